The topological polar surface area (TPSA) is 21.1 Å². The molecule has 0 atom stereocenters. The standard InChI is InChI=1S/C57H61Br2N3/c1-4-7-10-13-16-41-19-29-50(30-20-41)62-56-52-38-22-43(18-15-12-9-6-3)40-54(52)53-39-42(17-14-11-8-5-2)21-37-51(53)55(56)60-57(62)44-23-31-47(32-24-44)61(48-33-25-45(58)26-34-48)49-35-27-46(59)28-36-49/h19-40H,4-18H2,1-3H3. The summed E-state index contributed by atoms with van der Waals surface area (Å²) >= 11 is 7.29. The third-order valence-electron chi connectivity index (χ3n) is 12.6. The van der Waals surface area contributed by atoms with Crippen LogP contribution in [0.3, 0.4) is 0 Å². The lowest BCUT2D eigenvalue weighted by atomic mass is 9.94. The number of nitrogens with zero attached hydrogens (tertiary/aromatic N) is 3. The maximum absolute atomic E-state index is 5.69. The van der Waals surface area contributed by atoms with Crippen LogP contribution in [-0.2, 0) is 19.3 Å². The van der Waals surface area contributed by atoms with Crippen LogP contribution in [0.2, 0.25) is 0 Å². The van der Waals surface area contributed by atoms with E-state index >= 15 is 0 Å². The Morgan fingerprint density at radius 3 is 1.37 bits per heavy atom. The van der Waals surface area contributed by atoms with Crippen molar-refractivity contribution in [1.29, 1.82) is 0 Å². The van der Waals surface area contributed by atoms with Gasteiger partial charge >= 0.3 is 0 Å². The molecule has 0 spiro atoms. The van der Waals surface area contributed by atoms with Crippen LogP contribution in [0.15, 0.2) is 142 Å². The van der Waals surface area contributed by atoms with E-state index in [2.05, 4.69) is 196 Å². The molecule has 0 aliphatic rings. The summed E-state index contributed by atoms with van der Waals surface area (Å²) in [5, 5.41) is 5.16. The van der Waals surface area contributed by atoms with Gasteiger partial charge in [-0.15, -0.1) is 0 Å². The Morgan fingerprint density at radius 1 is 0.435 bits per heavy atom. The highest BCUT2D eigenvalue weighted by atomic mass is 79.9. The maximum atomic E-state index is 5.69. The Balaban J connectivity index is 1.30. The number of fused-ring (bicyclic) bond motifs is 6. The molecule has 3 nitrogen and oxygen atoms in total. The first kappa shape index (κ1) is 43.9. The molecule has 62 heavy (non-hydrogen) atoms. The number of benzene rings is 7. The molecule has 318 valence electrons. The molecule has 0 bridgehead atoms. The lowest BCUT2D eigenvalue weighted by Crippen LogP contribution is -2.09. The molecule has 8 aromatic rings. The second kappa shape index (κ2) is 21.1. The fourth-order valence-electron chi connectivity index (χ4n) is 9.12. The average molecular weight is 948 g/mol. The number of hydrogen-bond donors (Lipinski definition) is 0. The highest BCUT2D eigenvalue weighted by molar-refractivity contribution is 9.10. The monoisotopic (exact) mass is 945 g/mol. The van der Waals surface area contributed by atoms with Crippen LogP contribution in [-0.4, -0.2) is 9.55 Å². The molecule has 8 rings (SSSR count). The molecular weight excluding hydrogens is 886 g/mol. The number of aryl methyl sites for hydroxylation is 3. The molecule has 0 amide bonds. The first-order valence-corrected chi connectivity index (χ1v) is 24.9. The lowest BCUT2D eigenvalue weighted by molar-refractivity contribution is 0.667. The number of anilines is 3. The van der Waals surface area contributed by atoms with E-state index in [1.165, 1.54) is 121 Å². The third kappa shape index (κ3) is 10.1. The second-order valence-electron chi connectivity index (χ2n) is 17.2. The first-order chi connectivity index (χ1) is 30.4. The zero-order valence-corrected chi connectivity index (χ0v) is 40.1. The second-order valence-corrected chi connectivity index (χ2v) is 19.0. The van der Waals surface area contributed by atoms with Gasteiger partial charge in [-0.2, -0.15) is 0 Å². The number of imidazole rings is 1. The minimum Gasteiger partial charge on any atom is -0.311 e. The molecule has 0 saturated carbocycles. The number of hydrogen-bond acceptors (Lipinski definition) is 2. The minimum atomic E-state index is 0.960. The largest absolute Gasteiger partial charge is 0.311 e. The average Bonchev–Trinajstić information content (AvgIpc) is 3.71. The van der Waals surface area contributed by atoms with Crippen LogP contribution in [0, 0.1) is 0 Å². The summed E-state index contributed by atoms with van der Waals surface area (Å²) in [4.78, 5) is 8.00. The summed E-state index contributed by atoms with van der Waals surface area (Å²) in [5.41, 5.74) is 12.0. The van der Waals surface area contributed by atoms with Crippen molar-refractivity contribution in [2.24, 2.45) is 0 Å². The van der Waals surface area contributed by atoms with Gasteiger partial charge in [0.25, 0.3) is 0 Å². The third-order valence-corrected chi connectivity index (χ3v) is 13.6. The van der Waals surface area contributed by atoms with Crippen LogP contribution < -0.4 is 4.90 Å². The van der Waals surface area contributed by atoms with Gasteiger partial charge in [-0.05, 0) is 151 Å². The van der Waals surface area contributed by atoms with Crippen molar-refractivity contribution in [2.45, 2.75) is 117 Å². The number of unbranched alkanes of at least 4 members (excludes halogenated alkanes) is 9. The van der Waals surface area contributed by atoms with Gasteiger partial charge < -0.3 is 4.90 Å². The van der Waals surface area contributed by atoms with Gasteiger partial charge in [0.05, 0.1) is 11.0 Å². The molecular formula is C57H61Br2N3. The van der Waals surface area contributed by atoms with Crippen molar-refractivity contribution in [3.63, 3.8) is 0 Å². The Hall–Kier alpha value is -4.71. The molecule has 1 aromatic heterocycles. The van der Waals surface area contributed by atoms with Crippen molar-refractivity contribution >= 4 is 81.5 Å². The zero-order chi connectivity index (χ0) is 42.8. The molecule has 0 aliphatic heterocycles. The normalized spacial score (nSPS) is 11.6. The molecule has 0 aliphatic carbocycles. The van der Waals surface area contributed by atoms with Crippen molar-refractivity contribution in [1.82, 2.24) is 9.55 Å². The van der Waals surface area contributed by atoms with E-state index in [1.54, 1.807) is 0 Å². The predicted octanol–water partition coefficient (Wildman–Crippen LogP) is 18.4. The quantitative estimate of drug-likeness (QED) is 0.0561. The van der Waals surface area contributed by atoms with Crippen molar-refractivity contribution in [3.05, 3.63) is 159 Å². The van der Waals surface area contributed by atoms with E-state index in [9.17, 15) is 0 Å². The van der Waals surface area contributed by atoms with E-state index in [0.29, 0.717) is 0 Å². The maximum Gasteiger partial charge on any atom is 0.145 e. The summed E-state index contributed by atoms with van der Waals surface area (Å²) < 4.78 is 4.57. The van der Waals surface area contributed by atoms with Gasteiger partial charge in [0.2, 0.25) is 0 Å². The lowest BCUT2D eigenvalue weighted by Gasteiger charge is -2.25. The summed E-state index contributed by atoms with van der Waals surface area (Å²) in [7, 11) is 0. The number of halogens is 2. The van der Waals surface area contributed by atoms with E-state index in [0.717, 1.165) is 67.9 Å². The summed E-state index contributed by atoms with van der Waals surface area (Å²) in [5.74, 6) is 0.960. The Bertz CT molecular complexity index is 2650. The molecule has 0 saturated heterocycles. The van der Waals surface area contributed by atoms with Gasteiger partial charge in [0, 0.05) is 48.0 Å². The molecule has 7 aromatic carbocycles. The molecule has 1 heterocycles. The molecule has 0 fully saturated rings. The molecule has 0 N–H and O–H groups in total. The summed E-state index contributed by atoms with van der Waals surface area (Å²) in [6, 6.07) is 50.0. The summed E-state index contributed by atoms with van der Waals surface area (Å²) in [6.45, 7) is 6.87. The smallest absolute Gasteiger partial charge is 0.145 e. The zero-order valence-electron chi connectivity index (χ0n) is 36.9. The fourth-order valence-corrected chi connectivity index (χ4v) is 9.65. The minimum absolute atomic E-state index is 0.960. The van der Waals surface area contributed by atoms with Gasteiger partial charge in [-0.25, -0.2) is 4.98 Å². The highest BCUT2D eigenvalue weighted by Gasteiger charge is 2.22. The van der Waals surface area contributed by atoms with E-state index in [-0.39, 0.29) is 0 Å². The van der Waals surface area contributed by atoms with Crippen LogP contribution >= 0.6 is 31.9 Å². The number of rotatable bonds is 20. The van der Waals surface area contributed by atoms with Gasteiger partial charge in [0.15, 0.2) is 0 Å². The fraction of sp³-hybridized carbons (Fsp3) is 0.316. The van der Waals surface area contributed by atoms with Gasteiger partial charge in [-0.1, -0.05) is 159 Å². The van der Waals surface area contributed by atoms with Crippen LogP contribution in [0.1, 0.15) is 115 Å². The van der Waals surface area contributed by atoms with Crippen molar-refractivity contribution in [2.75, 3.05) is 4.90 Å². The van der Waals surface area contributed by atoms with Gasteiger partial charge in [0.1, 0.15) is 5.82 Å². The molecule has 0 radical (unpaired) electrons. The predicted molar refractivity (Wildman–Crippen MR) is 275 cm³/mol. The molecule has 5 heteroatoms. The Morgan fingerprint density at radius 2 is 0.871 bits per heavy atom. The summed E-state index contributed by atoms with van der Waals surface area (Å²) in [6.07, 6.45) is 18.5. The van der Waals surface area contributed by atoms with Crippen LogP contribution in [0.25, 0.3) is 49.7 Å². The SMILES string of the molecule is CCCCCCc1ccc(-n2c(-c3ccc(N(c4ccc(Br)cc4)c4ccc(Br)cc4)cc3)nc3c4ccc(CCCCCC)cc4c4cc(CCCCCC)ccc4c32)cc1. The van der Waals surface area contributed by atoms with Gasteiger partial charge in [-0.3, -0.25) is 4.57 Å². The van der Waals surface area contributed by atoms with Crippen molar-refractivity contribution < 1.29 is 0 Å². The van der Waals surface area contributed by atoms with Crippen LogP contribution in [0.5, 0.6) is 0 Å². The number of aromatic nitrogens is 2. The van der Waals surface area contributed by atoms with Crippen molar-refractivity contribution in [3.8, 4) is 17.1 Å². The van der Waals surface area contributed by atoms with Crippen LogP contribution in [0.4, 0.5) is 17.1 Å². The molecule has 0 unspecified atom stereocenters. The van der Waals surface area contributed by atoms with E-state index in [1.807, 2.05) is 0 Å². The first-order valence-electron chi connectivity index (χ1n) is 23.4. The van der Waals surface area contributed by atoms with E-state index < -0.39 is 0 Å². The Kier molecular flexibility index (Phi) is 15.0. The van der Waals surface area contributed by atoms with E-state index in [4.69, 9.17) is 4.98 Å². The highest BCUT2D eigenvalue weighted by Crippen LogP contribution is 2.42. The Labute approximate surface area is 386 Å².